The van der Waals surface area contributed by atoms with Crippen LogP contribution >= 0.6 is 136 Å². The number of aliphatic imine (C=N–C) groups is 3. The van der Waals surface area contributed by atoms with Gasteiger partial charge in [-0.1, -0.05) is 14.4 Å². The van der Waals surface area contributed by atoms with Crippen LogP contribution in [0.3, 0.4) is 0 Å². The summed E-state index contributed by atoms with van der Waals surface area (Å²) in [5.41, 5.74) is 18.6. The van der Waals surface area contributed by atoms with Crippen molar-refractivity contribution < 1.29 is 38.2 Å². The molecule has 1 aliphatic heterocycles. The second-order valence-corrected chi connectivity index (χ2v) is 22.1. The highest BCUT2D eigenvalue weighted by molar-refractivity contribution is 14.1. The molecule has 390 valence electrons. The van der Waals surface area contributed by atoms with E-state index in [9.17, 15) is 28.8 Å². The first-order chi connectivity index (χ1) is 32.4. The second kappa shape index (κ2) is 32.2. The maximum absolute atomic E-state index is 13.7. The average molecular weight is 1650 g/mol. The van der Waals surface area contributed by atoms with Crippen molar-refractivity contribution in [2.45, 2.75) is 78.8 Å². The number of benzene rings is 2. The minimum absolute atomic E-state index is 0. The molecule has 0 spiro atoms. The van der Waals surface area contributed by atoms with Crippen LogP contribution in [0.4, 0.5) is 11.4 Å². The summed E-state index contributed by atoms with van der Waals surface area (Å²) in [7, 11) is 9.34. The lowest BCUT2D eigenvalue weighted by Gasteiger charge is -2.25. The van der Waals surface area contributed by atoms with Gasteiger partial charge in [-0.05, 0) is 187 Å². The summed E-state index contributed by atoms with van der Waals surface area (Å²) >= 11 is 12.2. The summed E-state index contributed by atoms with van der Waals surface area (Å²) in [6, 6.07) is -1.47. The number of methoxy groups -OCH3 is 2. The summed E-state index contributed by atoms with van der Waals surface area (Å²) in [5.74, 6) is -0.788. The van der Waals surface area contributed by atoms with Gasteiger partial charge in [-0.15, -0.1) is 0 Å². The number of unbranched alkanes of at least 4 members (excludes halogenated alkanes) is 1. The first kappa shape index (κ1) is 65.8. The summed E-state index contributed by atoms with van der Waals surface area (Å²) in [4.78, 5) is 94.8. The molecule has 1 heterocycles. The predicted molar refractivity (Wildman–Crippen MR) is 327 cm³/mol. The third-order valence-corrected chi connectivity index (χ3v) is 16.7. The molecule has 70 heavy (non-hydrogen) atoms. The molecule has 0 bridgehead atoms. The van der Waals surface area contributed by atoms with Crippen LogP contribution in [0.1, 0.15) is 108 Å². The Morgan fingerprint density at radius 3 is 1.47 bits per heavy atom. The first-order valence-corrected chi connectivity index (χ1v) is 27.8. The van der Waals surface area contributed by atoms with Gasteiger partial charge in [0.25, 0.3) is 23.6 Å². The van der Waals surface area contributed by atoms with E-state index < -0.39 is 23.9 Å². The van der Waals surface area contributed by atoms with Crippen LogP contribution in [0.15, 0.2) is 15.0 Å². The van der Waals surface area contributed by atoms with Crippen molar-refractivity contribution in [2.75, 3.05) is 68.6 Å². The average Bonchev–Trinajstić information content (AvgIpc) is 3.74. The Kier molecular flexibility index (Phi) is 30.3. The molecular weight excluding hydrogens is 1590 g/mol. The van der Waals surface area contributed by atoms with Crippen LogP contribution in [0.2, 0.25) is 0 Å². The number of nitrogens with one attached hydrogen (secondary N) is 4. The largest absolute Gasteiger partial charge is 0.484 e. The maximum atomic E-state index is 13.7. The Balaban J connectivity index is 0.000000698. The van der Waals surface area contributed by atoms with Gasteiger partial charge in [0.2, 0.25) is 11.8 Å². The highest BCUT2D eigenvalue weighted by Crippen LogP contribution is 2.39. The zero-order valence-corrected chi connectivity index (χ0v) is 52.8. The molecule has 1 fully saturated rings. The monoisotopic (exact) mass is 1650 g/mol. The number of carbonyl (C=O) groups excluding carboxylic acids is 6. The Bertz CT molecular complexity index is 2330. The van der Waals surface area contributed by atoms with E-state index in [4.69, 9.17) is 26.7 Å². The van der Waals surface area contributed by atoms with Gasteiger partial charge in [0, 0.05) is 68.8 Å². The first-order valence-electron chi connectivity index (χ1n) is 21.3. The molecule has 0 aromatic heterocycles. The van der Waals surface area contributed by atoms with E-state index in [0.29, 0.717) is 119 Å². The van der Waals surface area contributed by atoms with Gasteiger partial charge in [-0.2, -0.15) is 0 Å². The van der Waals surface area contributed by atoms with Gasteiger partial charge in [0.15, 0.2) is 17.8 Å². The molecule has 0 saturated carbocycles. The predicted octanol–water partition coefficient (Wildman–Crippen LogP) is 6.08. The molecular formula is C44H64I6N12O8. The van der Waals surface area contributed by atoms with E-state index >= 15 is 0 Å². The van der Waals surface area contributed by atoms with E-state index in [2.05, 4.69) is 111 Å². The lowest BCUT2D eigenvalue weighted by molar-refractivity contribution is -0.132. The lowest BCUT2D eigenvalue weighted by atomic mass is 10.0. The van der Waals surface area contributed by atoms with Crippen molar-refractivity contribution in [1.82, 2.24) is 31.1 Å². The van der Waals surface area contributed by atoms with E-state index in [-0.39, 0.29) is 42.6 Å². The van der Waals surface area contributed by atoms with Gasteiger partial charge in [0.05, 0.1) is 62.1 Å². The number of guanidine groups is 1. The third-order valence-electron chi connectivity index (χ3n) is 10.4. The molecule has 1 saturated heterocycles. The summed E-state index contributed by atoms with van der Waals surface area (Å²) in [5, 5.41) is 11.0. The number of rotatable bonds is 18. The summed E-state index contributed by atoms with van der Waals surface area (Å²) in [6.45, 7) is 7.62. The van der Waals surface area contributed by atoms with Crippen molar-refractivity contribution in [3.63, 3.8) is 0 Å². The number of amides is 6. The molecule has 1 aliphatic rings. The number of likely N-dealkylation sites (N-methyl/N-ethyl adjacent to an activating group) is 1. The topological polar surface area (TPSA) is 291 Å². The molecule has 0 aliphatic carbocycles. The zero-order valence-electron chi connectivity index (χ0n) is 39.8. The van der Waals surface area contributed by atoms with Crippen molar-refractivity contribution >= 4 is 200 Å². The number of ether oxygens (including phenoxy) is 2. The van der Waals surface area contributed by atoms with Crippen molar-refractivity contribution in [2.24, 2.45) is 38.1 Å². The number of hydrogen-bond donors (Lipinski definition) is 7. The van der Waals surface area contributed by atoms with E-state index in [0.717, 1.165) is 12.8 Å². The van der Waals surface area contributed by atoms with Crippen LogP contribution < -0.4 is 38.5 Å². The lowest BCUT2D eigenvalue weighted by Crippen LogP contribution is -2.48. The summed E-state index contributed by atoms with van der Waals surface area (Å²) in [6.07, 6.45) is 3.71. The van der Waals surface area contributed by atoms with E-state index in [1.54, 1.807) is 32.8 Å². The van der Waals surface area contributed by atoms with Crippen molar-refractivity contribution in [1.29, 1.82) is 0 Å². The quantitative estimate of drug-likeness (QED) is 0.0388. The fraction of sp³-hybridized carbons (Fsp3) is 0.523. The van der Waals surface area contributed by atoms with Crippen molar-refractivity contribution in [3.8, 4) is 0 Å². The Morgan fingerprint density at radius 1 is 0.700 bits per heavy atom. The highest BCUT2D eigenvalue weighted by atomic mass is 127. The highest BCUT2D eigenvalue weighted by Gasteiger charge is 2.34. The molecule has 2 aromatic carbocycles. The number of nitrogens with two attached hydrogens (primary N) is 3. The third kappa shape index (κ3) is 18.3. The summed E-state index contributed by atoms with van der Waals surface area (Å²) < 4.78 is 13.7. The van der Waals surface area contributed by atoms with Crippen LogP contribution in [-0.2, 0) is 19.1 Å². The van der Waals surface area contributed by atoms with Gasteiger partial charge >= 0.3 is 0 Å². The normalized spacial score (nSPS) is 14.2. The zero-order chi connectivity index (χ0) is 52.4. The second-order valence-electron chi connectivity index (χ2n) is 15.6. The Hall–Kier alpha value is -2.19. The SMILES string of the molecule is C.CNC(=O)c1c(I)c(N=C(C)OC)c(I)c(C(=O)NC(CCCCN)C(=O)N(C)C)c1I.CNC(=O)c1c(I)c(N=C(C)OC)c(I)c(C(=O)NC(CCCN=C(N)N)C(=O)N2CCC(C)C2)c1I. The van der Waals surface area contributed by atoms with Gasteiger partial charge in [-0.3, -0.25) is 33.8 Å². The van der Waals surface area contributed by atoms with E-state index in [1.165, 1.54) is 33.2 Å². The molecule has 3 unspecified atom stereocenters. The molecule has 3 rings (SSSR count). The molecule has 3 atom stereocenters. The fourth-order valence-electron chi connectivity index (χ4n) is 6.59. The minimum Gasteiger partial charge on any atom is -0.484 e. The molecule has 2 aromatic rings. The Morgan fingerprint density at radius 2 is 1.11 bits per heavy atom. The van der Waals surface area contributed by atoms with Gasteiger partial charge in [0.1, 0.15) is 12.1 Å². The molecule has 10 N–H and O–H groups in total. The Labute approximate surface area is 492 Å². The molecule has 0 radical (unpaired) electrons. The molecule has 26 heteroatoms. The smallest absolute Gasteiger partial charge is 0.254 e. The molecule has 20 nitrogen and oxygen atoms in total. The van der Waals surface area contributed by atoms with Crippen LogP contribution in [0.25, 0.3) is 0 Å². The van der Waals surface area contributed by atoms with E-state index in [1.807, 2.05) is 67.8 Å². The number of carbonyl (C=O) groups is 6. The van der Waals surface area contributed by atoms with Gasteiger partial charge < -0.3 is 57.7 Å². The van der Waals surface area contributed by atoms with Crippen LogP contribution in [0, 0.1) is 27.3 Å². The standard InChI is InChI=1S/C23H32I3N7O4.C20H28I3N5O4.CH4/c1-11-7-9-33(10-11)22(36)13(6-5-8-30-23(27)28)32-21(35)15-16(24)14(20(34)29-3)17(25)19(18(15)26)31-12(2)37-4;1-10(32-5)26-17-15(22)12(18(29)25-2)14(21)13(16(17)23)19(30)27-11(8-6-7-9-24)20(31)28(3)4;/h11,13H,5-10H2,1-4H3,(H,29,34)(H,32,35)(H4,27,28,30);11H,6-9,24H2,1-5H3,(H,25,29)(H,27,30);1H4. The van der Waals surface area contributed by atoms with Crippen LogP contribution in [-0.4, -0.2) is 144 Å². The fourth-order valence-corrected chi connectivity index (χ4v) is 15.4. The van der Waals surface area contributed by atoms with Crippen molar-refractivity contribution in [3.05, 3.63) is 43.7 Å². The molecule has 6 amide bonds. The number of likely N-dealkylation sites (tertiary alicyclic amines) is 1. The number of nitrogens with zero attached hydrogens (tertiary/aromatic N) is 5. The maximum Gasteiger partial charge on any atom is 0.254 e. The van der Waals surface area contributed by atoms with Crippen LogP contribution in [0.5, 0.6) is 0 Å². The number of halogens is 6. The number of hydrogen-bond acceptors (Lipinski definition) is 12. The minimum atomic E-state index is -0.769. The van der Waals surface area contributed by atoms with Gasteiger partial charge in [-0.25, -0.2) is 9.98 Å².